The van der Waals surface area contributed by atoms with Gasteiger partial charge >= 0.3 is 0 Å². The van der Waals surface area contributed by atoms with E-state index in [2.05, 4.69) is 0 Å². The fraction of sp³-hybridized carbons (Fsp3) is 0.333. The highest BCUT2D eigenvalue weighted by Crippen LogP contribution is 2.40. The Balaban J connectivity index is 1.20. The fourth-order valence-corrected chi connectivity index (χ4v) is 5.05. The minimum atomic E-state index is -0.995. The predicted molar refractivity (Wildman–Crippen MR) is 132 cm³/mol. The molecule has 0 radical (unpaired) electrons. The number of halogens is 4. The second-order valence-corrected chi connectivity index (χ2v) is 9.58. The molecule has 3 aromatic rings. The molecule has 2 fully saturated rings. The summed E-state index contributed by atoms with van der Waals surface area (Å²) < 4.78 is 69.3. The summed E-state index contributed by atoms with van der Waals surface area (Å²) >= 11 is 0. The molecule has 0 aromatic heterocycles. The molecule has 188 valence electrons. The maximum absolute atomic E-state index is 15.1. The van der Waals surface area contributed by atoms with Gasteiger partial charge in [0.05, 0.1) is 13.2 Å². The number of ether oxygens (including phenoxy) is 2. The van der Waals surface area contributed by atoms with Crippen LogP contribution in [0.2, 0.25) is 0 Å². The van der Waals surface area contributed by atoms with Crippen molar-refractivity contribution in [1.29, 1.82) is 0 Å². The molecular formula is C30H28F4O2. The van der Waals surface area contributed by atoms with Gasteiger partial charge in [-0.3, -0.25) is 0 Å². The molecule has 1 aliphatic heterocycles. The van der Waals surface area contributed by atoms with Crippen molar-refractivity contribution in [2.75, 3.05) is 13.2 Å². The van der Waals surface area contributed by atoms with Crippen molar-refractivity contribution in [3.05, 3.63) is 94.6 Å². The average molecular weight is 497 g/mol. The summed E-state index contributed by atoms with van der Waals surface area (Å²) in [6.45, 7) is 2.57. The molecule has 1 atom stereocenters. The van der Waals surface area contributed by atoms with Crippen LogP contribution in [0.5, 0.6) is 5.75 Å². The molecule has 36 heavy (non-hydrogen) atoms. The minimum absolute atomic E-state index is 0.0890. The smallest absolute Gasteiger partial charge is 0.200 e. The van der Waals surface area contributed by atoms with Gasteiger partial charge in [0, 0.05) is 11.1 Å². The Hall–Kier alpha value is -3.12. The van der Waals surface area contributed by atoms with E-state index < -0.39 is 23.3 Å². The van der Waals surface area contributed by atoms with E-state index in [1.807, 2.05) is 31.2 Å². The molecule has 5 rings (SSSR count). The second-order valence-electron chi connectivity index (χ2n) is 9.58. The van der Waals surface area contributed by atoms with Crippen molar-refractivity contribution in [3.63, 3.8) is 0 Å². The molecule has 2 nitrogen and oxygen atoms in total. The molecule has 0 spiro atoms. The first-order valence-electron chi connectivity index (χ1n) is 12.4. The van der Waals surface area contributed by atoms with Crippen LogP contribution in [0.25, 0.3) is 17.2 Å². The summed E-state index contributed by atoms with van der Waals surface area (Å²) in [6, 6.07) is 13.6. The lowest BCUT2D eigenvalue weighted by Crippen LogP contribution is -2.20. The monoisotopic (exact) mass is 496 g/mol. The molecule has 0 N–H and O–H groups in total. The van der Waals surface area contributed by atoms with Gasteiger partial charge in [0.2, 0.25) is 5.82 Å². The van der Waals surface area contributed by atoms with Crippen LogP contribution in [-0.4, -0.2) is 13.2 Å². The predicted octanol–water partition coefficient (Wildman–Crippen LogP) is 8.37. The van der Waals surface area contributed by atoms with Crippen molar-refractivity contribution in [3.8, 4) is 16.9 Å². The Morgan fingerprint density at radius 1 is 0.806 bits per heavy atom. The van der Waals surface area contributed by atoms with Crippen LogP contribution in [0, 0.1) is 29.2 Å². The molecule has 1 saturated carbocycles. The summed E-state index contributed by atoms with van der Waals surface area (Å²) in [5.74, 6) is -3.59. The number of hydrogen-bond acceptors (Lipinski definition) is 2. The van der Waals surface area contributed by atoms with Crippen molar-refractivity contribution >= 4 is 6.08 Å². The minimum Gasteiger partial charge on any atom is -0.490 e. The lowest BCUT2D eigenvalue weighted by molar-refractivity contribution is 0.191. The summed E-state index contributed by atoms with van der Waals surface area (Å²) in [4.78, 5) is 0. The van der Waals surface area contributed by atoms with Crippen molar-refractivity contribution in [2.24, 2.45) is 5.92 Å². The van der Waals surface area contributed by atoms with Gasteiger partial charge in [0.15, 0.2) is 23.2 Å². The van der Waals surface area contributed by atoms with Crippen LogP contribution in [0.15, 0.2) is 54.6 Å². The summed E-state index contributed by atoms with van der Waals surface area (Å²) in [7, 11) is 0. The molecule has 1 saturated heterocycles. The molecule has 1 heterocycles. The molecule has 3 aromatic carbocycles. The van der Waals surface area contributed by atoms with Gasteiger partial charge in [0.1, 0.15) is 6.10 Å². The van der Waals surface area contributed by atoms with Crippen LogP contribution < -0.4 is 4.74 Å². The summed E-state index contributed by atoms with van der Waals surface area (Å²) in [5, 5.41) is 0. The van der Waals surface area contributed by atoms with Crippen molar-refractivity contribution in [1.82, 2.24) is 0 Å². The fourth-order valence-electron chi connectivity index (χ4n) is 5.05. The summed E-state index contributed by atoms with van der Waals surface area (Å²) in [6.07, 6.45) is 6.32. The molecular weight excluding hydrogens is 468 g/mol. The third-order valence-electron chi connectivity index (χ3n) is 7.21. The largest absolute Gasteiger partial charge is 0.490 e. The topological polar surface area (TPSA) is 21.8 Å². The Kier molecular flexibility index (Phi) is 7.15. The van der Waals surface area contributed by atoms with E-state index in [9.17, 15) is 8.78 Å². The van der Waals surface area contributed by atoms with Gasteiger partial charge < -0.3 is 9.47 Å². The van der Waals surface area contributed by atoms with Gasteiger partial charge in [-0.2, -0.15) is 4.39 Å². The molecule has 2 aliphatic rings. The molecule has 1 aliphatic carbocycles. The van der Waals surface area contributed by atoms with E-state index in [4.69, 9.17) is 9.47 Å². The van der Waals surface area contributed by atoms with E-state index >= 15 is 8.78 Å². The van der Waals surface area contributed by atoms with E-state index in [0.29, 0.717) is 30.6 Å². The van der Waals surface area contributed by atoms with Crippen LogP contribution in [0.1, 0.15) is 61.3 Å². The van der Waals surface area contributed by atoms with Crippen LogP contribution in [-0.2, 0) is 4.74 Å². The Morgan fingerprint density at radius 3 is 2.14 bits per heavy atom. The van der Waals surface area contributed by atoms with Gasteiger partial charge in [-0.05, 0) is 73.3 Å². The molecule has 0 amide bonds. The van der Waals surface area contributed by atoms with Gasteiger partial charge in [-0.1, -0.05) is 48.6 Å². The van der Waals surface area contributed by atoms with Gasteiger partial charge in [-0.15, -0.1) is 0 Å². The first kappa shape index (κ1) is 24.6. The Labute approximate surface area is 208 Å². The summed E-state index contributed by atoms with van der Waals surface area (Å²) in [5.41, 5.74) is 2.49. The van der Waals surface area contributed by atoms with Crippen LogP contribution in [0.3, 0.4) is 0 Å². The standard InChI is InChI=1S/C30H28F4O2/c1-2-3-18-4-8-20(9-5-18)22-12-13-23(28(32)27(22)31)21-10-6-19(7-11-21)16-35-25-15-14-24(26-17-36-26)29(33)30(25)34/h2-5,8-9,12-15,19,21,26H,6-7,10-11,16-17H2,1H3/b3-2+. The van der Waals surface area contributed by atoms with E-state index in [0.717, 1.165) is 18.4 Å². The first-order valence-corrected chi connectivity index (χ1v) is 12.4. The zero-order valence-electron chi connectivity index (χ0n) is 20.1. The third-order valence-corrected chi connectivity index (χ3v) is 7.21. The highest BCUT2D eigenvalue weighted by molar-refractivity contribution is 5.67. The quantitative estimate of drug-likeness (QED) is 0.242. The van der Waals surface area contributed by atoms with Gasteiger partial charge in [-0.25, -0.2) is 13.2 Å². The lowest BCUT2D eigenvalue weighted by Gasteiger charge is -2.29. The average Bonchev–Trinajstić information content (AvgIpc) is 3.73. The van der Waals surface area contributed by atoms with E-state index in [1.54, 1.807) is 24.3 Å². The number of hydrogen-bond donors (Lipinski definition) is 0. The number of allylic oxidation sites excluding steroid dienone is 1. The maximum Gasteiger partial charge on any atom is 0.200 e. The highest BCUT2D eigenvalue weighted by atomic mass is 19.2. The Bertz CT molecular complexity index is 1260. The van der Waals surface area contributed by atoms with Crippen molar-refractivity contribution < 1.29 is 27.0 Å². The van der Waals surface area contributed by atoms with E-state index in [1.165, 1.54) is 12.1 Å². The SMILES string of the molecule is C/C=C/c1ccc(-c2ccc(C3CCC(COc4ccc(C5CO5)c(F)c4F)CC3)c(F)c2F)cc1. The zero-order chi connectivity index (χ0) is 25.2. The van der Waals surface area contributed by atoms with Crippen molar-refractivity contribution in [2.45, 2.75) is 44.6 Å². The number of benzene rings is 3. The lowest BCUT2D eigenvalue weighted by atomic mass is 9.78. The Morgan fingerprint density at radius 2 is 1.47 bits per heavy atom. The molecule has 0 bridgehead atoms. The number of rotatable bonds is 7. The first-order chi connectivity index (χ1) is 17.5. The van der Waals surface area contributed by atoms with Crippen LogP contribution >= 0.6 is 0 Å². The highest BCUT2D eigenvalue weighted by Gasteiger charge is 2.31. The zero-order valence-corrected chi connectivity index (χ0v) is 20.1. The maximum atomic E-state index is 15.1. The van der Waals surface area contributed by atoms with Gasteiger partial charge in [0.25, 0.3) is 0 Å². The molecule has 6 heteroatoms. The van der Waals surface area contributed by atoms with Crippen LogP contribution in [0.4, 0.5) is 17.6 Å². The second kappa shape index (κ2) is 10.5. The number of epoxide rings is 1. The third kappa shape index (κ3) is 5.05. The van der Waals surface area contributed by atoms with E-state index in [-0.39, 0.29) is 41.4 Å². The molecule has 1 unspecified atom stereocenters. The normalized spacial score (nSPS) is 21.6.